The molecule has 5 nitrogen and oxygen atoms in total. The maximum Gasteiger partial charge on any atom is 0.278 e. The van der Waals surface area contributed by atoms with E-state index in [1.807, 2.05) is 0 Å². The Balaban J connectivity index is -0.000000810. The number of nitro benzene ring substituents is 1. The number of carbonyl (C=O) groups excluding carboxylic acids is 1. The number of Topliss-reactive ketones (excluding diaryl/α,β-unsaturated/α-hetero) is 1. The van der Waals surface area contributed by atoms with Crippen LogP contribution in [0.1, 0.15) is 17.3 Å². The number of nitro groups is 1. The van der Waals surface area contributed by atoms with Gasteiger partial charge in [-0.3, -0.25) is 14.9 Å². The van der Waals surface area contributed by atoms with Gasteiger partial charge in [-0.05, 0) is 13.0 Å². The summed E-state index contributed by atoms with van der Waals surface area (Å²) in [5.74, 6) is -0.616. The molecular formula is C12H9Cl3NO4V-3. The second kappa shape index (κ2) is 9.87. The van der Waals surface area contributed by atoms with Crippen LogP contribution in [0.15, 0.2) is 30.3 Å². The molecule has 0 aliphatic carbocycles. The second-order valence-electron chi connectivity index (χ2n) is 3.65. The maximum atomic E-state index is 11.3. The smallest absolute Gasteiger partial charge is 0.278 e. The summed E-state index contributed by atoms with van der Waals surface area (Å²) in [5, 5.41) is 21.4. The van der Waals surface area contributed by atoms with Crippen LogP contribution < -0.4 is 37.2 Å². The number of halogens is 3. The minimum absolute atomic E-state index is 0. The molecule has 1 N–H and O–H groups in total. The van der Waals surface area contributed by atoms with E-state index in [4.69, 9.17) is 0 Å². The summed E-state index contributed by atoms with van der Waals surface area (Å²) < 4.78 is 0. The largest absolute Gasteiger partial charge is 1.00 e. The first-order valence-electron chi connectivity index (χ1n) is 4.92. The molecule has 0 unspecified atom stereocenters. The van der Waals surface area contributed by atoms with Gasteiger partial charge in [0.25, 0.3) is 5.69 Å². The minimum Gasteiger partial charge on any atom is -1.00 e. The number of rotatable bonds is 2. The van der Waals surface area contributed by atoms with Gasteiger partial charge in [0.05, 0.1) is 15.9 Å². The first-order chi connectivity index (χ1) is 8.02. The van der Waals surface area contributed by atoms with Crippen molar-refractivity contribution in [3.05, 3.63) is 46.0 Å². The molecule has 0 heterocycles. The van der Waals surface area contributed by atoms with Crippen molar-refractivity contribution in [1.29, 1.82) is 0 Å². The predicted octanol–water partition coefficient (Wildman–Crippen LogP) is -6.33. The number of nitrogens with zero attached hydrogens (tertiary/aromatic N) is 1. The summed E-state index contributed by atoms with van der Waals surface area (Å²) in [6.07, 6.45) is 0. The molecule has 0 spiro atoms. The fourth-order valence-electron chi connectivity index (χ4n) is 1.76. The number of phenolic OH excluding ortho intramolecular Hbond substituents is 1. The van der Waals surface area contributed by atoms with E-state index in [9.17, 15) is 20.0 Å². The molecule has 0 aliphatic heterocycles. The van der Waals surface area contributed by atoms with Crippen molar-refractivity contribution in [2.45, 2.75) is 6.92 Å². The third-order valence-electron chi connectivity index (χ3n) is 2.57. The van der Waals surface area contributed by atoms with Crippen LogP contribution in [0.25, 0.3) is 10.8 Å². The quantitative estimate of drug-likeness (QED) is 0.315. The van der Waals surface area contributed by atoms with Gasteiger partial charge < -0.3 is 42.3 Å². The number of aromatic hydroxyl groups is 1. The number of phenols is 1. The van der Waals surface area contributed by atoms with E-state index in [-0.39, 0.29) is 72.8 Å². The van der Waals surface area contributed by atoms with Gasteiger partial charge in [0.2, 0.25) is 0 Å². The Morgan fingerprint density at radius 2 is 1.62 bits per heavy atom. The van der Waals surface area contributed by atoms with Gasteiger partial charge in [-0.2, -0.15) is 0 Å². The topological polar surface area (TPSA) is 80.4 Å². The van der Waals surface area contributed by atoms with Crippen molar-refractivity contribution in [3.63, 3.8) is 0 Å². The van der Waals surface area contributed by atoms with E-state index < -0.39 is 10.7 Å². The summed E-state index contributed by atoms with van der Waals surface area (Å²) in [6, 6.07) is 7.49. The van der Waals surface area contributed by atoms with Crippen LogP contribution in [0.3, 0.4) is 0 Å². The van der Waals surface area contributed by atoms with Crippen LogP contribution in [0.4, 0.5) is 5.69 Å². The monoisotopic (exact) mass is 387 g/mol. The summed E-state index contributed by atoms with van der Waals surface area (Å²) >= 11 is 0. The van der Waals surface area contributed by atoms with E-state index in [1.165, 1.54) is 13.0 Å². The van der Waals surface area contributed by atoms with Crippen LogP contribution in [-0.2, 0) is 18.6 Å². The number of non-ortho nitro benzene ring substituents is 1. The minimum atomic E-state index is -0.561. The first-order valence-corrected chi connectivity index (χ1v) is 4.92. The average molecular weight is 389 g/mol. The van der Waals surface area contributed by atoms with Crippen molar-refractivity contribution < 1.29 is 70.6 Å². The molecule has 1 radical (unpaired) electrons. The summed E-state index contributed by atoms with van der Waals surface area (Å²) in [4.78, 5) is 21.7. The molecule has 0 atom stereocenters. The number of benzene rings is 2. The Labute approximate surface area is 151 Å². The number of ketones is 1. The average Bonchev–Trinajstić information content (AvgIpc) is 2.29. The maximum absolute atomic E-state index is 11.3. The van der Waals surface area contributed by atoms with Crippen molar-refractivity contribution in [3.8, 4) is 5.75 Å². The molecule has 115 valence electrons. The number of fused-ring (bicyclic) bond motifs is 1. The zero-order valence-electron chi connectivity index (χ0n) is 10.6. The predicted molar refractivity (Wildman–Crippen MR) is 62.3 cm³/mol. The van der Waals surface area contributed by atoms with Crippen molar-refractivity contribution >= 4 is 22.2 Å². The third-order valence-corrected chi connectivity index (χ3v) is 2.57. The van der Waals surface area contributed by atoms with E-state index >= 15 is 0 Å². The molecule has 9 heteroatoms. The van der Waals surface area contributed by atoms with Crippen molar-refractivity contribution in [2.75, 3.05) is 0 Å². The fourth-order valence-corrected chi connectivity index (χ4v) is 1.76. The Kier molecular flexibility index (Phi) is 11.8. The normalized spacial score (nSPS) is 8.43. The number of hydrogen-bond donors (Lipinski definition) is 1. The number of hydrogen-bond acceptors (Lipinski definition) is 4. The molecule has 0 fully saturated rings. The summed E-state index contributed by atoms with van der Waals surface area (Å²) in [6.45, 7) is 1.26. The van der Waals surface area contributed by atoms with Crippen LogP contribution >= 0.6 is 0 Å². The van der Waals surface area contributed by atoms with E-state index in [1.54, 1.807) is 18.2 Å². The Morgan fingerprint density at radius 1 is 1.14 bits per heavy atom. The zero-order valence-corrected chi connectivity index (χ0v) is 14.3. The molecular weight excluding hydrogens is 379 g/mol. The molecule has 0 aliphatic rings. The summed E-state index contributed by atoms with van der Waals surface area (Å²) in [7, 11) is 0. The van der Waals surface area contributed by atoms with Gasteiger partial charge in [0.1, 0.15) is 5.75 Å². The second-order valence-corrected chi connectivity index (χ2v) is 3.65. The third kappa shape index (κ3) is 4.76. The van der Waals surface area contributed by atoms with E-state index in [2.05, 4.69) is 0 Å². The molecule has 2 aromatic carbocycles. The first kappa shape index (κ1) is 25.0. The van der Waals surface area contributed by atoms with E-state index in [0.717, 1.165) is 6.07 Å². The fraction of sp³-hybridized carbons (Fsp3) is 0.0833. The van der Waals surface area contributed by atoms with Crippen LogP contribution in [0, 0.1) is 10.1 Å². The molecule has 0 amide bonds. The molecule has 2 aromatic rings. The Morgan fingerprint density at radius 3 is 2.05 bits per heavy atom. The van der Waals surface area contributed by atoms with Crippen LogP contribution in [0.5, 0.6) is 5.75 Å². The van der Waals surface area contributed by atoms with Gasteiger partial charge in [-0.25, -0.2) is 0 Å². The summed E-state index contributed by atoms with van der Waals surface area (Å²) in [5.41, 5.74) is -0.209. The SMILES string of the molecule is CC(=O)c1cc([N+](=O)[O-])c2ccccc2c1O.[Cl-].[Cl-].[Cl-].[V]. The molecule has 2 rings (SSSR count). The van der Waals surface area contributed by atoms with Gasteiger partial charge in [0, 0.05) is 30.0 Å². The van der Waals surface area contributed by atoms with Crippen LogP contribution in [0.2, 0.25) is 0 Å². The zero-order chi connectivity index (χ0) is 12.6. The van der Waals surface area contributed by atoms with Crippen molar-refractivity contribution in [2.24, 2.45) is 0 Å². The van der Waals surface area contributed by atoms with Gasteiger partial charge >= 0.3 is 0 Å². The van der Waals surface area contributed by atoms with E-state index in [0.29, 0.717) is 10.8 Å². The molecule has 0 aromatic heterocycles. The van der Waals surface area contributed by atoms with Crippen molar-refractivity contribution in [1.82, 2.24) is 0 Å². The standard InChI is InChI=1S/C12H9NO4.3ClH.V/c1-7(14)10-6-11(13(16)17)8-4-2-3-5-9(8)12(10)15;;;;/h2-6,15H,1H3;3*1H;/p-3. The molecule has 0 saturated heterocycles. The van der Waals surface area contributed by atoms with Gasteiger partial charge in [0.15, 0.2) is 5.78 Å². The molecule has 0 bridgehead atoms. The Hall–Kier alpha value is -0.976. The molecule has 0 saturated carbocycles. The van der Waals surface area contributed by atoms with Gasteiger partial charge in [-0.1, -0.05) is 18.2 Å². The molecule has 21 heavy (non-hydrogen) atoms. The van der Waals surface area contributed by atoms with Gasteiger partial charge in [-0.15, -0.1) is 0 Å². The number of carbonyl (C=O) groups is 1. The van der Waals surface area contributed by atoms with Crippen LogP contribution in [-0.4, -0.2) is 15.8 Å². The Bertz CT molecular complexity index is 652.